The Balaban J connectivity index is 1.88. The van der Waals surface area contributed by atoms with Gasteiger partial charge in [-0.2, -0.15) is 0 Å². The molecular formula is C22H26NO5P. The molecule has 0 radical (unpaired) electrons. The third kappa shape index (κ3) is 2.67. The summed E-state index contributed by atoms with van der Waals surface area (Å²) in [5.41, 5.74) is 0.953. The maximum absolute atomic E-state index is 14.1. The fraction of sp³-hybridized carbons (Fsp3) is 0.409. The zero-order chi connectivity index (χ0) is 20.7. The molecule has 2 heterocycles. The van der Waals surface area contributed by atoms with E-state index >= 15 is 0 Å². The standard InChI is InChI=1S/C22H26NO5P/c1-4-27-29(25,28-5-2)22(18-14-10-7-11-15-18)16-21(20(24)26-3)19(23(21)22)17-12-8-6-9-13-17/h6-15,19H,4-5,16H2,1-3H3. The minimum absolute atomic E-state index is 0.245. The average Bonchev–Trinajstić information content (AvgIpc) is 3.30. The second-order valence-electron chi connectivity index (χ2n) is 7.29. The van der Waals surface area contributed by atoms with Crippen molar-refractivity contribution in [2.75, 3.05) is 20.3 Å². The highest BCUT2D eigenvalue weighted by molar-refractivity contribution is 7.55. The van der Waals surface area contributed by atoms with Crippen molar-refractivity contribution < 1.29 is 23.1 Å². The van der Waals surface area contributed by atoms with Gasteiger partial charge in [0.05, 0.1) is 26.4 Å². The molecule has 2 aliphatic rings. The van der Waals surface area contributed by atoms with Crippen LogP contribution >= 0.6 is 7.60 Å². The number of rotatable bonds is 8. The molecule has 154 valence electrons. The van der Waals surface area contributed by atoms with E-state index in [9.17, 15) is 9.36 Å². The first-order valence-electron chi connectivity index (χ1n) is 9.89. The monoisotopic (exact) mass is 415 g/mol. The zero-order valence-corrected chi connectivity index (χ0v) is 17.8. The van der Waals surface area contributed by atoms with E-state index in [4.69, 9.17) is 13.8 Å². The number of benzene rings is 2. The quantitative estimate of drug-likeness (QED) is 0.360. The van der Waals surface area contributed by atoms with E-state index in [-0.39, 0.29) is 25.2 Å². The minimum atomic E-state index is -3.62. The van der Waals surface area contributed by atoms with Gasteiger partial charge >= 0.3 is 13.6 Å². The molecule has 0 amide bonds. The molecule has 0 saturated carbocycles. The van der Waals surface area contributed by atoms with Crippen molar-refractivity contribution in [3.8, 4) is 0 Å². The van der Waals surface area contributed by atoms with Crippen LogP contribution in [-0.4, -0.2) is 36.7 Å². The average molecular weight is 415 g/mol. The number of esters is 1. The van der Waals surface area contributed by atoms with Crippen molar-refractivity contribution in [2.24, 2.45) is 0 Å². The number of carbonyl (C=O) groups excluding carboxylic acids is 1. The van der Waals surface area contributed by atoms with Gasteiger partial charge in [-0.25, -0.2) is 4.79 Å². The molecule has 2 aromatic carbocycles. The molecule has 2 aliphatic heterocycles. The van der Waals surface area contributed by atoms with E-state index < -0.39 is 18.4 Å². The number of carbonyl (C=O) groups is 1. The maximum Gasteiger partial charge on any atom is 0.355 e. The Morgan fingerprint density at radius 3 is 2.10 bits per heavy atom. The number of fused-ring (bicyclic) bond motifs is 1. The Morgan fingerprint density at radius 1 is 1.03 bits per heavy atom. The summed E-state index contributed by atoms with van der Waals surface area (Å²) >= 11 is 0. The van der Waals surface area contributed by atoms with E-state index in [0.29, 0.717) is 6.42 Å². The molecule has 7 heteroatoms. The van der Waals surface area contributed by atoms with Crippen LogP contribution < -0.4 is 0 Å². The highest BCUT2D eigenvalue weighted by Crippen LogP contribution is 2.85. The molecule has 2 saturated heterocycles. The molecule has 0 aliphatic carbocycles. The molecule has 2 aromatic rings. The van der Waals surface area contributed by atoms with Gasteiger partial charge in [0.25, 0.3) is 0 Å². The van der Waals surface area contributed by atoms with Crippen LogP contribution in [0.1, 0.15) is 37.4 Å². The Bertz CT molecular complexity index is 927. The summed E-state index contributed by atoms with van der Waals surface area (Å²) in [5, 5.41) is -1.03. The molecule has 4 atom stereocenters. The lowest BCUT2D eigenvalue weighted by molar-refractivity contribution is -0.150. The van der Waals surface area contributed by atoms with Gasteiger partial charge in [0.2, 0.25) is 0 Å². The van der Waals surface area contributed by atoms with Crippen molar-refractivity contribution in [1.29, 1.82) is 0 Å². The topological polar surface area (TPSA) is 64.8 Å². The first-order chi connectivity index (χ1) is 14.0. The van der Waals surface area contributed by atoms with Crippen molar-refractivity contribution >= 4 is 13.6 Å². The minimum Gasteiger partial charge on any atom is -0.468 e. The van der Waals surface area contributed by atoms with Gasteiger partial charge in [0.1, 0.15) is 5.54 Å². The van der Waals surface area contributed by atoms with Crippen molar-refractivity contribution in [1.82, 2.24) is 4.90 Å². The predicted molar refractivity (Wildman–Crippen MR) is 109 cm³/mol. The second kappa shape index (κ2) is 7.37. The molecule has 0 aromatic heterocycles. The van der Waals surface area contributed by atoms with E-state index in [0.717, 1.165) is 11.1 Å². The lowest BCUT2D eigenvalue weighted by Gasteiger charge is -2.49. The number of methoxy groups -OCH3 is 1. The third-order valence-electron chi connectivity index (χ3n) is 5.93. The van der Waals surface area contributed by atoms with Gasteiger partial charge in [0.15, 0.2) is 5.28 Å². The van der Waals surface area contributed by atoms with Crippen LogP contribution in [0.3, 0.4) is 0 Å². The zero-order valence-electron chi connectivity index (χ0n) is 16.9. The van der Waals surface area contributed by atoms with E-state index in [1.54, 1.807) is 13.8 Å². The molecule has 2 fully saturated rings. The SMILES string of the molecule is CCOP(=O)(OCC)C1(c2ccccc2)CC2(C(=O)OC)C(c3ccccc3)N21. The summed E-state index contributed by atoms with van der Waals surface area (Å²) in [5.74, 6) is -0.322. The lowest BCUT2D eigenvalue weighted by Crippen LogP contribution is -2.56. The van der Waals surface area contributed by atoms with Crippen LogP contribution in [0.5, 0.6) is 0 Å². The molecule has 0 bridgehead atoms. The highest BCUT2D eigenvalue weighted by atomic mass is 31.2. The third-order valence-corrected chi connectivity index (χ3v) is 8.66. The predicted octanol–water partition coefficient (Wildman–Crippen LogP) is 4.48. The molecule has 0 spiro atoms. The molecule has 4 unspecified atom stereocenters. The lowest BCUT2D eigenvalue weighted by atomic mass is 9.85. The number of ether oxygens (including phenoxy) is 1. The highest BCUT2D eigenvalue weighted by Gasteiger charge is 2.89. The van der Waals surface area contributed by atoms with Crippen LogP contribution in [0.2, 0.25) is 0 Å². The summed E-state index contributed by atoms with van der Waals surface area (Å²) in [6.07, 6.45) is 0.313. The number of hydrogen-bond donors (Lipinski definition) is 0. The van der Waals surface area contributed by atoms with Crippen LogP contribution in [0, 0.1) is 0 Å². The number of nitrogens with zero attached hydrogens (tertiary/aromatic N) is 1. The largest absolute Gasteiger partial charge is 0.468 e. The Labute approximate surface area is 171 Å². The van der Waals surface area contributed by atoms with Crippen LogP contribution in [0.4, 0.5) is 0 Å². The molecule has 4 rings (SSSR count). The van der Waals surface area contributed by atoms with Crippen molar-refractivity contribution in [3.05, 3.63) is 71.8 Å². The molecular weight excluding hydrogens is 389 g/mol. The van der Waals surface area contributed by atoms with Gasteiger partial charge in [-0.3, -0.25) is 9.46 Å². The van der Waals surface area contributed by atoms with Gasteiger partial charge in [-0.15, -0.1) is 0 Å². The van der Waals surface area contributed by atoms with Gasteiger partial charge < -0.3 is 13.8 Å². The Hall–Kier alpha value is -1.98. The van der Waals surface area contributed by atoms with Gasteiger partial charge in [0, 0.05) is 6.42 Å². The summed E-state index contributed by atoms with van der Waals surface area (Å²) in [7, 11) is -2.23. The number of hydrogen-bond acceptors (Lipinski definition) is 6. The Morgan fingerprint density at radius 2 is 1.59 bits per heavy atom. The van der Waals surface area contributed by atoms with E-state index in [1.807, 2.05) is 65.6 Å². The van der Waals surface area contributed by atoms with Crippen LogP contribution in [0.25, 0.3) is 0 Å². The van der Waals surface area contributed by atoms with E-state index in [1.165, 1.54) is 7.11 Å². The normalized spacial score (nSPS) is 30.2. The molecule has 0 N–H and O–H groups in total. The summed E-state index contributed by atoms with van der Waals surface area (Å²) in [6.45, 7) is 4.10. The summed E-state index contributed by atoms with van der Waals surface area (Å²) in [6, 6.07) is 19.1. The van der Waals surface area contributed by atoms with Crippen LogP contribution in [-0.2, 0) is 28.4 Å². The first kappa shape index (κ1) is 20.3. The smallest absolute Gasteiger partial charge is 0.355 e. The fourth-order valence-electron chi connectivity index (χ4n) is 4.87. The van der Waals surface area contributed by atoms with Crippen molar-refractivity contribution in [2.45, 2.75) is 37.1 Å². The van der Waals surface area contributed by atoms with Crippen molar-refractivity contribution in [3.63, 3.8) is 0 Å². The van der Waals surface area contributed by atoms with E-state index in [2.05, 4.69) is 0 Å². The maximum atomic E-state index is 14.1. The van der Waals surface area contributed by atoms with Gasteiger partial charge in [-0.05, 0) is 25.0 Å². The van der Waals surface area contributed by atoms with Crippen LogP contribution in [0.15, 0.2) is 60.7 Å². The second-order valence-corrected chi connectivity index (χ2v) is 9.54. The summed E-state index contributed by atoms with van der Waals surface area (Å²) < 4.78 is 30.9. The van der Waals surface area contributed by atoms with Gasteiger partial charge in [-0.1, -0.05) is 60.7 Å². The Kier molecular flexibility index (Phi) is 5.16. The molecule has 29 heavy (non-hydrogen) atoms. The first-order valence-corrected chi connectivity index (χ1v) is 11.4. The summed E-state index contributed by atoms with van der Waals surface area (Å²) in [4.78, 5) is 14.8. The fourth-order valence-corrected chi connectivity index (χ4v) is 7.51. The molecule has 6 nitrogen and oxygen atoms in total.